The molecule has 2 saturated heterocycles. The van der Waals surface area contributed by atoms with E-state index >= 15 is 0 Å². The number of piperazine rings is 1. The van der Waals surface area contributed by atoms with Crippen LogP contribution in [0.2, 0.25) is 0 Å². The fourth-order valence-corrected chi connectivity index (χ4v) is 4.44. The van der Waals surface area contributed by atoms with Crippen molar-refractivity contribution in [2.24, 2.45) is 0 Å². The number of benzene rings is 1. The van der Waals surface area contributed by atoms with Gasteiger partial charge in [-0.1, -0.05) is 30.3 Å². The summed E-state index contributed by atoms with van der Waals surface area (Å²) in [5.74, 6) is 0.302. The van der Waals surface area contributed by atoms with Crippen molar-refractivity contribution >= 4 is 5.95 Å². The van der Waals surface area contributed by atoms with Gasteiger partial charge in [-0.3, -0.25) is 9.80 Å². The first-order chi connectivity index (χ1) is 13.5. The molecule has 2 fully saturated rings. The van der Waals surface area contributed by atoms with Crippen molar-refractivity contribution in [2.75, 3.05) is 52.0 Å². The van der Waals surface area contributed by atoms with Crippen LogP contribution < -0.4 is 5.73 Å². The average Bonchev–Trinajstić information content (AvgIpc) is 2.72. The zero-order valence-corrected chi connectivity index (χ0v) is 16.5. The van der Waals surface area contributed by atoms with E-state index in [9.17, 15) is 5.11 Å². The second-order valence-corrected chi connectivity index (χ2v) is 8.08. The smallest absolute Gasteiger partial charge is 0.219 e. The Labute approximate surface area is 166 Å². The summed E-state index contributed by atoms with van der Waals surface area (Å²) in [5, 5.41) is 11.8. The summed E-state index contributed by atoms with van der Waals surface area (Å²) in [4.78, 5) is 15.4. The summed E-state index contributed by atoms with van der Waals surface area (Å²) < 4.78 is 0. The molecule has 0 radical (unpaired) electrons. The molecule has 3 heterocycles. The van der Waals surface area contributed by atoms with Gasteiger partial charge in [0.2, 0.25) is 5.95 Å². The molecule has 0 aliphatic carbocycles. The Morgan fingerprint density at radius 1 is 1.07 bits per heavy atom. The highest BCUT2D eigenvalue weighted by atomic mass is 16.3. The van der Waals surface area contributed by atoms with Gasteiger partial charge in [-0.15, -0.1) is 0 Å². The molecule has 7 nitrogen and oxygen atoms in total. The quantitative estimate of drug-likeness (QED) is 0.808. The number of rotatable bonds is 4. The van der Waals surface area contributed by atoms with Crippen molar-refractivity contribution < 1.29 is 5.11 Å². The summed E-state index contributed by atoms with van der Waals surface area (Å²) in [7, 11) is 2.16. The van der Waals surface area contributed by atoms with Crippen LogP contribution in [0.25, 0.3) is 0 Å². The van der Waals surface area contributed by atoms with E-state index < -0.39 is 5.60 Å². The number of hydrogen-bond acceptors (Lipinski definition) is 7. The van der Waals surface area contributed by atoms with E-state index in [1.807, 2.05) is 18.2 Å². The van der Waals surface area contributed by atoms with Crippen LogP contribution in [-0.2, 0) is 12.1 Å². The van der Waals surface area contributed by atoms with Gasteiger partial charge >= 0.3 is 0 Å². The zero-order chi connectivity index (χ0) is 19.6. The third kappa shape index (κ3) is 4.03. The van der Waals surface area contributed by atoms with Crippen LogP contribution in [0.1, 0.15) is 17.5 Å². The maximum absolute atomic E-state index is 11.8. The van der Waals surface area contributed by atoms with Gasteiger partial charge in [0.25, 0.3) is 0 Å². The maximum atomic E-state index is 11.8. The fraction of sp³-hybridized carbons (Fsp3) is 0.524. The molecule has 0 bridgehead atoms. The van der Waals surface area contributed by atoms with Crippen LogP contribution in [0.4, 0.5) is 5.95 Å². The van der Waals surface area contributed by atoms with Crippen LogP contribution in [0, 0.1) is 0 Å². The van der Waals surface area contributed by atoms with Crippen molar-refractivity contribution in [1.29, 1.82) is 0 Å². The van der Waals surface area contributed by atoms with E-state index in [1.54, 1.807) is 12.4 Å². The van der Waals surface area contributed by atoms with E-state index in [0.29, 0.717) is 12.4 Å². The molecule has 1 aromatic heterocycles. The van der Waals surface area contributed by atoms with Crippen LogP contribution in [0.15, 0.2) is 42.7 Å². The summed E-state index contributed by atoms with van der Waals surface area (Å²) in [6, 6.07) is 10.2. The summed E-state index contributed by atoms with van der Waals surface area (Å²) in [6.07, 6.45) is 4.31. The van der Waals surface area contributed by atoms with E-state index in [2.05, 4.69) is 43.8 Å². The Hall–Kier alpha value is -2.06. The number of hydrogen-bond donors (Lipinski definition) is 2. The number of nitrogen functional groups attached to an aromatic ring is 1. The van der Waals surface area contributed by atoms with Crippen molar-refractivity contribution in [3.05, 3.63) is 53.9 Å². The Kier molecular flexibility index (Phi) is 5.59. The molecule has 2 aromatic rings. The van der Waals surface area contributed by atoms with Crippen LogP contribution in [0.3, 0.4) is 0 Å². The number of nitrogens with zero attached hydrogens (tertiary/aromatic N) is 5. The van der Waals surface area contributed by atoms with Crippen molar-refractivity contribution in [3.63, 3.8) is 0 Å². The van der Waals surface area contributed by atoms with Gasteiger partial charge in [-0.25, -0.2) is 9.97 Å². The predicted octanol–water partition coefficient (Wildman–Crippen LogP) is 0.768. The molecule has 3 N–H and O–H groups in total. The third-order valence-electron chi connectivity index (χ3n) is 6.18. The summed E-state index contributed by atoms with van der Waals surface area (Å²) >= 11 is 0. The van der Waals surface area contributed by atoms with Crippen LogP contribution in [-0.4, -0.2) is 82.1 Å². The average molecular weight is 383 g/mol. The zero-order valence-electron chi connectivity index (χ0n) is 16.5. The lowest BCUT2D eigenvalue weighted by Crippen LogP contribution is -2.63. The second-order valence-electron chi connectivity index (χ2n) is 8.08. The molecular weight excluding hydrogens is 352 g/mol. The molecule has 1 aromatic carbocycles. The number of likely N-dealkylation sites (tertiary alicyclic amines) is 1. The highest BCUT2D eigenvalue weighted by Gasteiger charge is 2.46. The van der Waals surface area contributed by atoms with Crippen molar-refractivity contribution in [3.8, 4) is 0 Å². The standard InChI is InChI=1S/C21H30N6O/c1-25-9-11-27(12-10-25)19-16-26(15-17-13-23-20(22)24-14-17)8-7-21(19,28)18-5-3-2-4-6-18/h2-6,13-14,19,28H,7-12,15-16H2,1H3,(H2,22,23,24)/t19-,21+/m1/s1. The molecule has 2 aliphatic rings. The van der Waals surface area contributed by atoms with Crippen LogP contribution >= 0.6 is 0 Å². The van der Waals surface area contributed by atoms with E-state index in [1.165, 1.54) is 0 Å². The molecule has 7 heteroatoms. The van der Waals surface area contributed by atoms with Gasteiger partial charge in [0.1, 0.15) is 5.60 Å². The van der Waals surface area contributed by atoms with Gasteiger partial charge in [-0.05, 0) is 19.0 Å². The number of aliphatic hydroxyl groups is 1. The number of likely N-dealkylation sites (N-methyl/N-ethyl adjacent to an activating group) is 1. The fourth-order valence-electron chi connectivity index (χ4n) is 4.44. The molecule has 150 valence electrons. The Morgan fingerprint density at radius 2 is 1.75 bits per heavy atom. The summed E-state index contributed by atoms with van der Waals surface area (Å²) in [6.45, 7) is 6.46. The van der Waals surface area contributed by atoms with Gasteiger partial charge in [-0.2, -0.15) is 0 Å². The Morgan fingerprint density at radius 3 is 2.43 bits per heavy atom. The SMILES string of the molecule is CN1CCN([C@@H]2CN(Cc3cnc(N)nc3)CC[C@]2(O)c2ccccc2)CC1. The molecule has 2 aliphatic heterocycles. The molecule has 0 saturated carbocycles. The first kappa shape index (κ1) is 19.3. The van der Waals surface area contributed by atoms with Crippen molar-refractivity contribution in [1.82, 2.24) is 24.7 Å². The van der Waals surface area contributed by atoms with Gasteiger partial charge in [0.05, 0.1) is 6.04 Å². The minimum atomic E-state index is -0.828. The molecule has 4 rings (SSSR count). The molecule has 0 spiro atoms. The molecule has 2 atom stereocenters. The molecule has 28 heavy (non-hydrogen) atoms. The second kappa shape index (κ2) is 8.13. The largest absolute Gasteiger partial charge is 0.383 e. The highest BCUT2D eigenvalue weighted by Crippen LogP contribution is 2.36. The first-order valence-electron chi connectivity index (χ1n) is 10.0. The highest BCUT2D eigenvalue weighted by molar-refractivity contribution is 5.26. The number of anilines is 1. The maximum Gasteiger partial charge on any atom is 0.219 e. The number of nitrogens with two attached hydrogens (primary N) is 1. The Bertz CT molecular complexity index is 762. The topological polar surface area (TPSA) is 81.8 Å². The van der Waals surface area contributed by atoms with Gasteiger partial charge < -0.3 is 15.7 Å². The Balaban J connectivity index is 1.56. The van der Waals surface area contributed by atoms with Gasteiger partial charge in [0, 0.05) is 63.8 Å². The predicted molar refractivity (Wildman–Crippen MR) is 110 cm³/mol. The van der Waals surface area contributed by atoms with E-state index in [4.69, 9.17) is 5.73 Å². The lowest BCUT2D eigenvalue weighted by molar-refractivity contribution is -0.108. The third-order valence-corrected chi connectivity index (χ3v) is 6.18. The lowest BCUT2D eigenvalue weighted by atomic mass is 9.79. The molecular formula is C21H30N6O. The summed E-state index contributed by atoms with van der Waals surface area (Å²) in [5.41, 5.74) is 6.86. The van der Waals surface area contributed by atoms with Gasteiger partial charge in [0.15, 0.2) is 0 Å². The van der Waals surface area contributed by atoms with E-state index in [0.717, 1.165) is 56.9 Å². The molecule has 0 unspecified atom stereocenters. The minimum Gasteiger partial charge on any atom is -0.383 e. The first-order valence-corrected chi connectivity index (χ1v) is 10.0. The normalized spacial score (nSPS) is 27.7. The number of piperidine rings is 1. The van der Waals surface area contributed by atoms with E-state index in [-0.39, 0.29) is 6.04 Å². The van der Waals surface area contributed by atoms with Crippen LogP contribution in [0.5, 0.6) is 0 Å². The molecule has 0 amide bonds. The lowest BCUT2D eigenvalue weighted by Gasteiger charge is -2.51. The number of aromatic nitrogens is 2. The monoisotopic (exact) mass is 382 g/mol. The minimum absolute atomic E-state index is 0.0621. The van der Waals surface area contributed by atoms with Crippen molar-refractivity contribution in [2.45, 2.75) is 24.6 Å².